The minimum atomic E-state index is 0.756. The Hall–Kier alpha value is -2.72. The molecule has 1 N–H and O–H groups in total. The summed E-state index contributed by atoms with van der Waals surface area (Å²) < 4.78 is 1.25. The third-order valence-corrected chi connectivity index (χ3v) is 4.69. The van der Waals surface area contributed by atoms with Crippen LogP contribution in [0, 0.1) is 6.92 Å². The topological polar surface area (TPSA) is 37.8 Å². The highest BCUT2D eigenvalue weighted by Crippen LogP contribution is 2.32. The second kappa shape index (κ2) is 5.82. The Morgan fingerprint density at radius 1 is 0.957 bits per heavy atom. The number of aromatic nitrogens is 2. The molecule has 112 valence electrons. The lowest BCUT2D eigenvalue weighted by Gasteiger charge is -2.09. The number of nitrogens with one attached hydrogen (secondary N) is 1. The summed E-state index contributed by atoms with van der Waals surface area (Å²) >= 11 is 1.72. The first-order valence-electron chi connectivity index (χ1n) is 7.43. The second-order valence-corrected chi connectivity index (χ2v) is 6.27. The molecule has 0 bridgehead atoms. The van der Waals surface area contributed by atoms with Gasteiger partial charge in [-0.15, -0.1) is 11.3 Å². The molecule has 4 rings (SSSR count). The average molecular weight is 317 g/mol. The van der Waals surface area contributed by atoms with Crippen molar-refractivity contribution in [1.82, 2.24) is 9.97 Å². The highest BCUT2D eigenvalue weighted by Gasteiger charge is 2.11. The van der Waals surface area contributed by atoms with Crippen molar-refractivity contribution < 1.29 is 0 Å². The summed E-state index contributed by atoms with van der Waals surface area (Å²) in [5, 5.41) is 6.70. The van der Waals surface area contributed by atoms with Crippen molar-refractivity contribution in [2.75, 3.05) is 5.32 Å². The third kappa shape index (κ3) is 2.69. The monoisotopic (exact) mass is 317 g/mol. The largest absolute Gasteiger partial charge is 0.340 e. The predicted molar refractivity (Wildman–Crippen MR) is 97.3 cm³/mol. The van der Waals surface area contributed by atoms with Crippen LogP contribution in [0.2, 0.25) is 0 Å². The van der Waals surface area contributed by atoms with E-state index in [1.54, 1.807) is 11.3 Å². The van der Waals surface area contributed by atoms with Gasteiger partial charge in [0.05, 0.1) is 0 Å². The quantitative estimate of drug-likeness (QED) is 0.549. The minimum Gasteiger partial charge on any atom is -0.340 e. The van der Waals surface area contributed by atoms with Crippen LogP contribution in [-0.2, 0) is 0 Å². The van der Waals surface area contributed by atoms with E-state index in [0.29, 0.717) is 0 Å². The number of fused-ring (bicyclic) bond motifs is 1. The van der Waals surface area contributed by atoms with E-state index in [-0.39, 0.29) is 0 Å². The van der Waals surface area contributed by atoms with E-state index >= 15 is 0 Å². The smallest absolute Gasteiger partial charge is 0.162 e. The van der Waals surface area contributed by atoms with Gasteiger partial charge in [0.25, 0.3) is 0 Å². The fraction of sp³-hybridized carbons (Fsp3) is 0.0526. The van der Waals surface area contributed by atoms with E-state index in [0.717, 1.165) is 28.5 Å². The molecule has 0 aliphatic carbocycles. The van der Waals surface area contributed by atoms with Crippen molar-refractivity contribution in [3.05, 3.63) is 71.7 Å². The molecule has 4 aromatic rings. The molecule has 23 heavy (non-hydrogen) atoms. The number of thiophene rings is 1. The molecular weight excluding hydrogens is 302 g/mol. The molecule has 0 unspecified atom stereocenters. The minimum absolute atomic E-state index is 0.756. The van der Waals surface area contributed by atoms with Crippen LogP contribution < -0.4 is 5.32 Å². The van der Waals surface area contributed by atoms with Crippen molar-refractivity contribution in [2.24, 2.45) is 0 Å². The first-order chi connectivity index (χ1) is 11.3. The van der Waals surface area contributed by atoms with Gasteiger partial charge < -0.3 is 5.32 Å². The Labute approximate surface area is 138 Å². The Morgan fingerprint density at radius 2 is 1.74 bits per heavy atom. The van der Waals surface area contributed by atoms with Crippen molar-refractivity contribution in [3.63, 3.8) is 0 Å². The van der Waals surface area contributed by atoms with E-state index in [1.807, 2.05) is 43.5 Å². The molecule has 0 atom stereocenters. The third-order valence-electron chi connectivity index (χ3n) is 3.73. The normalized spacial score (nSPS) is 10.8. The summed E-state index contributed by atoms with van der Waals surface area (Å²) in [6, 6.07) is 18.4. The van der Waals surface area contributed by atoms with Crippen molar-refractivity contribution in [1.29, 1.82) is 0 Å². The van der Waals surface area contributed by atoms with Gasteiger partial charge in [0.15, 0.2) is 5.82 Å². The van der Waals surface area contributed by atoms with Crippen molar-refractivity contribution >= 4 is 32.9 Å². The molecule has 3 nitrogen and oxygen atoms in total. The molecule has 2 heterocycles. The van der Waals surface area contributed by atoms with Gasteiger partial charge >= 0.3 is 0 Å². The van der Waals surface area contributed by atoms with Gasteiger partial charge in [-0.3, -0.25) is 0 Å². The molecule has 0 saturated heterocycles. The van der Waals surface area contributed by atoms with Crippen LogP contribution in [0.3, 0.4) is 0 Å². The Bertz CT molecular complexity index is 961. The van der Waals surface area contributed by atoms with Crippen molar-refractivity contribution in [3.8, 4) is 11.4 Å². The number of benzene rings is 2. The van der Waals surface area contributed by atoms with Crippen LogP contribution in [0.4, 0.5) is 11.5 Å². The van der Waals surface area contributed by atoms with Crippen LogP contribution in [0.5, 0.6) is 0 Å². The van der Waals surface area contributed by atoms with Gasteiger partial charge in [-0.1, -0.05) is 36.4 Å². The highest BCUT2D eigenvalue weighted by molar-refractivity contribution is 7.17. The Morgan fingerprint density at radius 3 is 2.61 bits per heavy atom. The van der Waals surface area contributed by atoms with Gasteiger partial charge in [-0.05, 0) is 25.1 Å². The first kappa shape index (κ1) is 13.9. The van der Waals surface area contributed by atoms with Crippen LogP contribution in [0.25, 0.3) is 21.5 Å². The number of rotatable bonds is 3. The SMILES string of the molecule is Cc1cnc(-c2csc3ccccc23)nc1Nc1ccccc1. The zero-order valence-electron chi connectivity index (χ0n) is 12.7. The van der Waals surface area contributed by atoms with Crippen LogP contribution >= 0.6 is 11.3 Å². The maximum Gasteiger partial charge on any atom is 0.162 e. The fourth-order valence-corrected chi connectivity index (χ4v) is 3.45. The summed E-state index contributed by atoms with van der Waals surface area (Å²) in [7, 11) is 0. The average Bonchev–Trinajstić information content (AvgIpc) is 3.02. The van der Waals surface area contributed by atoms with E-state index in [4.69, 9.17) is 4.98 Å². The van der Waals surface area contributed by atoms with E-state index in [1.165, 1.54) is 10.1 Å². The van der Waals surface area contributed by atoms with E-state index < -0.39 is 0 Å². The molecule has 0 saturated carbocycles. The van der Waals surface area contributed by atoms with E-state index in [9.17, 15) is 0 Å². The Balaban J connectivity index is 1.77. The van der Waals surface area contributed by atoms with Gasteiger partial charge in [0.1, 0.15) is 5.82 Å². The van der Waals surface area contributed by atoms with Gasteiger partial charge in [-0.25, -0.2) is 9.97 Å². The summed E-state index contributed by atoms with van der Waals surface area (Å²) in [5.41, 5.74) is 3.13. The lowest BCUT2D eigenvalue weighted by atomic mass is 10.1. The van der Waals surface area contributed by atoms with Crippen LogP contribution in [0.15, 0.2) is 66.2 Å². The molecule has 0 aliphatic rings. The number of hydrogen-bond donors (Lipinski definition) is 1. The molecule has 2 aromatic carbocycles. The molecule has 0 fully saturated rings. The zero-order chi connectivity index (χ0) is 15.6. The molecule has 0 aliphatic heterocycles. The zero-order valence-corrected chi connectivity index (χ0v) is 13.5. The number of para-hydroxylation sites is 1. The predicted octanol–water partition coefficient (Wildman–Crippen LogP) is 5.41. The maximum atomic E-state index is 4.74. The standard InChI is InChI=1S/C19H15N3S/c1-13-11-20-19(16-12-23-17-10-6-5-9-15(16)17)22-18(13)21-14-7-3-2-4-8-14/h2-12H,1H3,(H,20,21,22). The lowest BCUT2D eigenvalue weighted by molar-refractivity contribution is 1.14. The van der Waals surface area contributed by atoms with Crippen LogP contribution in [-0.4, -0.2) is 9.97 Å². The summed E-state index contributed by atoms with van der Waals surface area (Å²) in [4.78, 5) is 9.27. The molecule has 0 amide bonds. The maximum absolute atomic E-state index is 4.74. The highest BCUT2D eigenvalue weighted by atomic mass is 32.1. The van der Waals surface area contributed by atoms with Gasteiger partial charge in [0.2, 0.25) is 0 Å². The molecular formula is C19H15N3S. The number of hydrogen-bond acceptors (Lipinski definition) is 4. The number of aryl methyl sites for hydroxylation is 1. The molecule has 0 radical (unpaired) electrons. The summed E-state index contributed by atoms with van der Waals surface area (Å²) in [6.07, 6.45) is 1.88. The molecule has 4 heteroatoms. The second-order valence-electron chi connectivity index (χ2n) is 5.36. The number of anilines is 2. The molecule has 0 spiro atoms. The Kier molecular flexibility index (Phi) is 3.52. The molecule has 2 aromatic heterocycles. The number of nitrogens with zero attached hydrogens (tertiary/aromatic N) is 2. The summed E-state index contributed by atoms with van der Waals surface area (Å²) in [6.45, 7) is 2.01. The van der Waals surface area contributed by atoms with Gasteiger partial charge in [-0.2, -0.15) is 0 Å². The fourth-order valence-electron chi connectivity index (χ4n) is 2.51. The first-order valence-corrected chi connectivity index (χ1v) is 8.31. The van der Waals surface area contributed by atoms with Crippen LogP contribution in [0.1, 0.15) is 5.56 Å². The van der Waals surface area contributed by atoms with E-state index in [2.05, 4.69) is 39.9 Å². The lowest BCUT2D eigenvalue weighted by Crippen LogP contribution is -1.99. The van der Waals surface area contributed by atoms with Crippen molar-refractivity contribution in [2.45, 2.75) is 6.92 Å². The van der Waals surface area contributed by atoms with Gasteiger partial charge in [0, 0.05) is 38.5 Å². The summed E-state index contributed by atoms with van der Waals surface area (Å²) in [5.74, 6) is 1.60.